The van der Waals surface area contributed by atoms with Gasteiger partial charge in [-0.25, -0.2) is 0 Å². The Balaban J connectivity index is 1.99. The molecule has 0 bridgehead atoms. The Kier molecular flexibility index (Phi) is 5.55. The lowest BCUT2D eigenvalue weighted by Crippen LogP contribution is -2.45. The summed E-state index contributed by atoms with van der Waals surface area (Å²) < 4.78 is 43.2. The summed E-state index contributed by atoms with van der Waals surface area (Å²) in [5, 5.41) is 12.6. The maximum Gasteiger partial charge on any atom is 0.416 e. The Morgan fingerprint density at radius 2 is 1.88 bits per heavy atom. The molecule has 1 aromatic rings. The van der Waals surface area contributed by atoms with Crippen molar-refractivity contribution in [2.45, 2.75) is 50.5 Å². The highest BCUT2D eigenvalue weighted by Crippen LogP contribution is 2.31. The first-order valence-corrected chi connectivity index (χ1v) is 7.88. The number of amides is 1. The summed E-state index contributed by atoms with van der Waals surface area (Å²) in [7, 11) is 0. The van der Waals surface area contributed by atoms with E-state index in [0.29, 0.717) is 12.2 Å². The molecule has 0 spiro atoms. The van der Waals surface area contributed by atoms with Crippen LogP contribution >= 0.6 is 0 Å². The predicted molar refractivity (Wildman–Crippen MR) is 82.5 cm³/mol. The fraction of sp³-hybridized carbons (Fsp3) is 0.588. The van der Waals surface area contributed by atoms with E-state index >= 15 is 0 Å². The van der Waals surface area contributed by atoms with Gasteiger partial charge in [0.15, 0.2) is 0 Å². The molecule has 7 heteroatoms. The van der Waals surface area contributed by atoms with Crippen LogP contribution in [0.2, 0.25) is 0 Å². The van der Waals surface area contributed by atoms with E-state index in [9.17, 15) is 23.1 Å². The Labute approximate surface area is 139 Å². The zero-order valence-electron chi connectivity index (χ0n) is 13.7. The number of nitrogens with one attached hydrogen (secondary N) is 1. The number of carbonyl (C=O) groups excluding carboxylic acids is 1. The van der Waals surface area contributed by atoms with Crippen LogP contribution in [-0.2, 0) is 21.1 Å². The molecule has 2 unspecified atom stereocenters. The lowest BCUT2D eigenvalue weighted by atomic mass is 9.83. The van der Waals surface area contributed by atoms with Crippen LogP contribution in [0.5, 0.6) is 0 Å². The summed E-state index contributed by atoms with van der Waals surface area (Å²) in [6, 6.07) is 4.54. The van der Waals surface area contributed by atoms with Gasteiger partial charge in [-0.1, -0.05) is 12.1 Å². The zero-order chi connectivity index (χ0) is 18.0. The SMILES string of the molecule is CC(C)(C(=O)NCC(O)C1CCCO1)c1ccc(C(F)(F)F)cc1. The highest BCUT2D eigenvalue weighted by molar-refractivity contribution is 5.87. The smallest absolute Gasteiger partial charge is 0.389 e. The van der Waals surface area contributed by atoms with Crippen molar-refractivity contribution in [3.05, 3.63) is 35.4 Å². The number of alkyl halides is 3. The van der Waals surface area contributed by atoms with Crippen molar-refractivity contribution in [1.29, 1.82) is 0 Å². The monoisotopic (exact) mass is 345 g/mol. The van der Waals surface area contributed by atoms with Crippen LogP contribution in [0, 0.1) is 0 Å². The van der Waals surface area contributed by atoms with E-state index in [2.05, 4.69) is 5.32 Å². The number of aliphatic hydroxyl groups excluding tert-OH is 1. The second-order valence-electron chi connectivity index (χ2n) is 6.53. The van der Waals surface area contributed by atoms with Gasteiger partial charge in [0.05, 0.1) is 23.2 Å². The number of aliphatic hydroxyl groups is 1. The Hall–Kier alpha value is -1.60. The molecule has 1 saturated heterocycles. The third kappa shape index (κ3) is 4.27. The summed E-state index contributed by atoms with van der Waals surface area (Å²) in [6.45, 7) is 3.91. The highest BCUT2D eigenvalue weighted by atomic mass is 19.4. The summed E-state index contributed by atoms with van der Waals surface area (Å²) >= 11 is 0. The molecule has 1 aliphatic rings. The van der Waals surface area contributed by atoms with E-state index in [1.807, 2.05) is 0 Å². The quantitative estimate of drug-likeness (QED) is 0.863. The molecule has 2 atom stereocenters. The number of halogens is 3. The van der Waals surface area contributed by atoms with Crippen LogP contribution in [0.15, 0.2) is 24.3 Å². The molecule has 1 amide bonds. The molecule has 1 heterocycles. The van der Waals surface area contributed by atoms with Gasteiger partial charge in [0, 0.05) is 13.2 Å². The molecule has 134 valence electrons. The average molecular weight is 345 g/mol. The van der Waals surface area contributed by atoms with Crippen LogP contribution in [0.4, 0.5) is 13.2 Å². The lowest BCUT2D eigenvalue weighted by molar-refractivity contribution is -0.137. The van der Waals surface area contributed by atoms with E-state index in [1.54, 1.807) is 13.8 Å². The van der Waals surface area contributed by atoms with Crippen LogP contribution in [0.3, 0.4) is 0 Å². The number of hydrogen-bond donors (Lipinski definition) is 2. The van der Waals surface area contributed by atoms with Gasteiger partial charge in [-0.15, -0.1) is 0 Å². The second kappa shape index (κ2) is 7.11. The summed E-state index contributed by atoms with van der Waals surface area (Å²) in [4.78, 5) is 12.4. The first kappa shape index (κ1) is 18.7. The van der Waals surface area contributed by atoms with Gasteiger partial charge in [0.1, 0.15) is 0 Å². The topological polar surface area (TPSA) is 58.6 Å². The fourth-order valence-corrected chi connectivity index (χ4v) is 2.66. The van der Waals surface area contributed by atoms with E-state index in [0.717, 1.165) is 25.0 Å². The van der Waals surface area contributed by atoms with Crippen molar-refractivity contribution in [1.82, 2.24) is 5.32 Å². The number of rotatable bonds is 5. The van der Waals surface area contributed by atoms with Gasteiger partial charge < -0.3 is 15.2 Å². The summed E-state index contributed by atoms with van der Waals surface area (Å²) in [5.74, 6) is -0.362. The van der Waals surface area contributed by atoms with Crippen molar-refractivity contribution in [2.24, 2.45) is 0 Å². The van der Waals surface area contributed by atoms with Crippen LogP contribution in [0.1, 0.15) is 37.8 Å². The molecule has 0 radical (unpaired) electrons. The number of carbonyl (C=O) groups is 1. The van der Waals surface area contributed by atoms with Crippen molar-refractivity contribution in [3.63, 3.8) is 0 Å². The van der Waals surface area contributed by atoms with Gasteiger partial charge in [0.25, 0.3) is 0 Å². The van der Waals surface area contributed by atoms with Crippen LogP contribution in [-0.4, -0.2) is 36.4 Å². The Bertz CT molecular complexity index is 563. The molecule has 2 rings (SSSR count). The standard InChI is InChI=1S/C17H22F3NO3/c1-16(2,11-5-7-12(8-6-11)17(18,19)20)15(23)21-10-13(22)14-4-3-9-24-14/h5-8,13-14,22H,3-4,9-10H2,1-2H3,(H,21,23). The lowest BCUT2D eigenvalue weighted by Gasteiger charge is -2.26. The van der Waals surface area contributed by atoms with Gasteiger partial charge in [-0.05, 0) is 44.4 Å². The highest BCUT2D eigenvalue weighted by Gasteiger charge is 2.34. The molecule has 1 aromatic carbocycles. The molecular weight excluding hydrogens is 323 g/mol. The molecular formula is C17H22F3NO3. The van der Waals surface area contributed by atoms with Gasteiger partial charge in [0.2, 0.25) is 5.91 Å². The third-order valence-electron chi connectivity index (χ3n) is 4.37. The normalized spacial score (nSPS) is 20.0. The minimum Gasteiger partial charge on any atom is -0.389 e. The van der Waals surface area contributed by atoms with Crippen molar-refractivity contribution in [2.75, 3.05) is 13.2 Å². The maximum absolute atomic E-state index is 12.6. The Morgan fingerprint density at radius 3 is 2.38 bits per heavy atom. The van der Waals surface area contributed by atoms with E-state index in [-0.39, 0.29) is 18.6 Å². The average Bonchev–Trinajstić information content (AvgIpc) is 3.06. The second-order valence-corrected chi connectivity index (χ2v) is 6.53. The van der Waals surface area contributed by atoms with E-state index in [1.165, 1.54) is 12.1 Å². The van der Waals surface area contributed by atoms with Crippen LogP contribution < -0.4 is 5.32 Å². The predicted octanol–water partition coefficient (Wildman–Crippen LogP) is 2.64. The first-order valence-electron chi connectivity index (χ1n) is 7.88. The van der Waals surface area contributed by atoms with Crippen molar-refractivity contribution in [3.8, 4) is 0 Å². The number of hydrogen-bond acceptors (Lipinski definition) is 3. The van der Waals surface area contributed by atoms with Crippen molar-refractivity contribution < 1.29 is 27.8 Å². The van der Waals surface area contributed by atoms with E-state index < -0.39 is 23.3 Å². The molecule has 0 aliphatic carbocycles. The Morgan fingerprint density at radius 1 is 1.29 bits per heavy atom. The molecule has 24 heavy (non-hydrogen) atoms. The zero-order valence-corrected chi connectivity index (χ0v) is 13.7. The number of benzene rings is 1. The van der Waals surface area contributed by atoms with Gasteiger partial charge in [-0.3, -0.25) is 4.79 Å². The minimum absolute atomic E-state index is 0.0492. The molecule has 1 fully saturated rings. The third-order valence-corrected chi connectivity index (χ3v) is 4.37. The molecule has 2 N–H and O–H groups in total. The molecule has 4 nitrogen and oxygen atoms in total. The minimum atomic E-state index is -4.41. The first-order chi connectivity index (χ1) is 11.1. The van der Waals surface area contributed by atoms with Crippen molar-refractivity contribution >= 4 is 5.91 Å². The molecule has 0 aromatic heterocycles. The van der Waals surface area contributed by atoms with Gasteiger partial charge >= 0.3 is 6.18 Å². The maximum atomic E-state index is 12.6. The van der Waals surface area contributed by atoms with E-state index in [4.69, 9.17) is 4.74 Å². The molecule has 0 saturated carbocycles. The fourth-order valence-electron chi connectivity index (χ4n) is 2.66. The van der Waals surface area contributed by atoms with Crippen LogP contribution in [0.25, 0.3) is 0 Å². The largest absolute Gasteiger partial charge is 0.416 e. The molecule has 1 aliphatic heterocycles. The summed E-state index contributed by atoms with van der Waals surface area (Å²) in [6.07, 6.45) is -3.85. The van der Waals surface area contributed by atoms with Gasteiger partial charge in [-0.2, -0.15) is 13.2 Å². The summed E-state index contributed by atoms with van der Waals surface area (Å²) in [5.41, 5.74) is -1.30. The number of ether oxygens (including phenoxy) is 1.